The van der Waals surface area contributed by atoms with Gasteiger partial charge >= 0.3 is 0 Å². The van der Waals surface area contributed by atoms with Crippen LogP contribution in [0.2, 0.25) is 0 Å². The Balaban J connectivity index is 1.59. The second-order valence-electron chi connectivity index (χ2n) is 14.1. The molecule has 0 bridgehead atoms. The molecule has 0 saturated heterocycles. The third kappa shape index (κ3) is 4.02. The molecule has 7 nitrogen and oxygen atoms in total. The van der Waals surface area contributed by atoms with Gasteiger partial charge < -0.3 is 35.7 Å². The van der Waals surface area contributed by atoms with Crippen molar-refractivity contribution in [3.63, 3.8) is 0 Å². The highest BCUT2D eigenvalue weighted by atomic mass is 16.4. The Kier molecular flexibility index (Phi) is 7.52. The maximum Gasteiger partial charge on any atom is 0.0987 e. The van der Waals surface area contributed by atoms with E-state index in [1.807, 2.05) is 13.8 Å². The molecule has 4 rings (SSSR count). The number of aliphatic hydroxyl groups excluding tert-OH is 4. The van der Waals surface area contributed by atoms with Crippen molar-refractivity contribution in [1.82, 2.24) is 0 Å². The molecule has 36 heavy (non-hydrogen) atoms. The Labute approximate surface area is 216 Å². The molecule has 7 heteroatoms. The van der Waals surface area contributed by atoms with Gasteiger partial charge in [-0.2, -0.15) is 0 Å². The average molecular weight is 513 g/mol. The van der Waals surface area contributed by atoms with Gasteiger partial charge in [0.2, 0.25) is 0 Å². The summed E-state index contributed by atoms with van der Waals surface area (Å²) in [6, 6.07) is 0. The molecule has 0 aliphatic heterocycles. The van der Waals surface area contributed by atoms with Crippen molar-refractivity contribution in [2.45, 2.75) is 134 Å². The average Bonchev–Trinajstić information content (AvgIpc) is 3.07. The van der Waals surface area contributed by atoms with Crippen LogP contribution in [0.4, 0.5) is 0 Å². The molecule has 13 atom stereocenters. The fourth-order valence-corrected chi connectivity index (χ4v) is 10.1. The van der Waals surface area contributed by atoms with Crippen LogP contribution in [0.25, 0.3) is 0 Å². The second kappa shape index (κ2) is 9.42. The molecule has 4 aliphatic rings. The summed E-state index contributed by atoms with van der Waals surface area (Å²) in [4.78, 5) is 0. The number of hydrogen-bond acceptors (Lipinski definition) is 7. The van der Waals surface area contributed by atoms with E-state index in [1.54, 1.807) is 6.92 Å². The summed E-state index contributed by atoms with van der Waals surface area (Å²) in [6.45, 7) is 9.84. The molecule has 0 aromatic heterocycles. The van der Waals surface area contributed by atoms with Crippen LogP contribution in [0.3, 0.4) is 0 Å². The molecule has 4 fully saturated rings. The predicted molar refractivity (Wildman–Crippen MR) is 137 cm³/mol. The van der Waals surface area contributed by atoms with E-state index >= 15 is 0 Å². The van der Waals surface area contributed by atoms with Crippen molar-refractivity contribution >= 4 is 0 Å². The first-order chi connectivity index (χ1) is 16.6. The molecule has 4 aliphatic carbocycles. The lowest BCUT2D eigenvalue weighted by Gasteiger charge is -2.68. The molecule has 0 unspecified atom stereocenters. The second-order valence-corrected chi connectivity index (χ2v) is 14.1. The Hall–Kier alpha value is -0.280. The standard InChI is InChI=1S/C29H52O7/c1-6-18(27(5,34)16-30)8-7-17(2)20-13-21(32)24-25(20,3)11-10-22-26(4)12-9-19(31)14-29(26,36)23(33)15-28(22,24)35/h17-24,30-36H,6-16H2,1-5H3/t17-,18-,19+,20-,21+,22-,23-,24-,25-,26-,27+,28+,29+/m1/s1. The highest BCUT2D eigenvalue weighted by Crippen LogP contribution is 2.70. The summed E-state index contributed by atoms with van der Waals surface area (Å²) in [7, 11) is 0. The molecule has 0 amide bonds. The quantitative estimate of drug-likeness (QED) is 0.278. The monoisotopic (exact) mass is 512 g/mol. The van der Waals surface area contributed by atoms with Gasteiger partial charge in [0.25, 0.3) is 0 Å². The van der Waals surface area contributed by atoms with E-state index in [4.69, 9.17) is 0 Å². The zero-order valence-corrected chi connectivity index (χ0v) is 23.0. The van der Waals surface area contributed by atoms with Crippen LogP contribution in [0.1, 0.15) is 98.8 Å². The van der Waals surface area contributed by atoms with Gasteiger partial charge in [0.15, 0.2) is 0 Å². The summed E-state index contributed by atoms with van der Waals surface area (Å²) < 4.78 is 0. The van der Waals surface area contributed by atoms with Crippen molar-refractivity contribution in [2.24, 2.45) is 40.4 Å². The maximum absolute atomic E-state index is 12.4. The van der Waals surface area contributed by atoms with Crippen molar-refractivity contribution in [2.75, 3.05) is 6.61 Å². The van der Waals surface area contributed by atoms with Crippen LogP contribution < -0.4 is 0 Å². The largest absolute Gasteiger partial charge is 0.393 e. The molecule has 0 radical (unpaired) electrons. The fraction of sp³-hybridized carbons (Fsp3) is 1.00. The Bertz CT molecular complexity index is 804. The van der Waals surface area contributed by atoms with Crippen molar-refractivity contribution in [3.05, 3.63) is 0 Å². The SMILES string of the molecule is CC[C@H](CC[C@@H](C)[C@H]1C[C@H](O)[C@@H]2[C@]1(C)CC[C@H]1[C@@]2(O)C[C@@H](O)[C@@]2(O)C[C@@H](O)CC[C@]12C)[C@@](C)(O)CO. The molecule has 0 heterocycles. The van der Waals surface area contributed by atoms with Gasteiger partial charge in [-0.25, -0.2) is 0 Å². The molecule has 0 spiro atoms. The summed E-state index contributed by atoms with van der Waals surface area (Å²) in [5.41, 5.74) is -4.86. The maximum atomic E-state index is 12.4. The van der Waals surface area contributed by atoms with E-state index in [0.29, 0.717) is 19.3 Å². The minimum absolute atomic E-state index is 0.00688. The Morgan fingerprint density at radius 2 is 1.67 bits per heavy atom. The predicted octanol–water partition coefficient (Wildman–Crippen LogP) is 2.36. The first-order valence-corrected chi connectivity index (χ1v) is 14.4. The highest BCUT2D eigenvalue weighted by molar-refractivity contribution is 5.23. The first kappa shape index (κ1) is 28.7. The van der Waals surface area contributed by atoms with E-state index < -0.39 is 40.5 Å². The summed E-state index contributed by atoms with van der Waals surface area (Å²) >= 11 is 0. The van der Waals surface area contributed by atoms with E-state index in [1.165, 1.54) is 0 Å². The van der Waals surface area contributed by atoms with Crippen LogP contribution in [0.15, 0.2) is 0 Å². The van der Waals surface area contributed by atoms with E-state index in [9.17, 15) is 35.7 Å². The van der Waals surface area contributed by atoms with E-state index in [-0.39, 0.29) is 54.5 Å². The summed E-state index contributed by atoms with van der Waals surface area (Å²) in [5, 5.41) is 77.3. The highest BCUT2D eigenvalue weighted by Gasteiger charge is 2.74. The van der Waals surface area contributed by atoms with Crippen LogP contribution in [0.5, 0.6) is 0 Å². The third-order valence-corrected chi connectivity index (χ3v) is 12.3. The van der Waals surface area contributed by atoms with Crippen molar-refractivity contribution < 1.29 is 35.7 Å². The minimum atomic E-state index is -1.44. The van der Waals surface area contributed by atoms with Crippen molar-refractivity contribution in [1.29, 1.82) is 0 Å². The molecule has 0 aromatic carbocycles. The number of aliphatic hydroxyl groups is 7. The lowest BCUT2D eigenvalue weighted by atomic mass is 9.40. The summed E-state index contributed by atoms with van der Waals surface area (Å²) in [5.74, 6) is -0.187. The molecular weight excluding hydrogens is 460 g/mol. The van der Waals surface area contributed by atoms with E-state index in [0.717, 1.165) is 32.1 Å². The number of fused-ring (bicyclic) bond motifs is 5. The van der Waals surface area contributed by atoms with E-state index in [2.05, 4.69) is 13.8 Å². The molecule has 7 N–H and O–H groups in total. The number of hydrogen-bond donors (Lipinski definition) is 7. The van der Waals surface area contributed by atoms with Gasteiger partial charge in [0.1, 0.15) is 0 Å². The van der Waals surface area contributed by atoms with Crippen LogP contribution in [0, 0.1) is 40.4 Å². The van der Waals surface area contributed by atoms with Crippen molar-refractivity contribution in [3.8, 4) is 0 Å². The Morgan fingerprint density at radius 3 is 2.28 bits per heavy atom. The van der Waals surface area contributed by atoms with Gasteiger partial charge in [-0.15, -0.1) is 0 Å². The normalized spacial score (nSPS) is 52.0. The van der Waals surface area contributed by atoms with Gasteiger partial charge in [-0.3, -0.25) is 0 Å². The topological polar surface area (TPSA) is 142 Å². The van der Waals surface area contributed by atoms with Gasteiger partial charge in [-0.05, 0) is 74.5 Å². The van der Waals surface area contributed by atoms with Crippen LogP contribution in [-0.2, 0) is 0 Å². The molecule has 0 aromatic rings. The van der Waals surface area contributed by atoms with Crippen LogP contribution >= 0.6 is 0 Å². The third-order valence-electron chi connectivity index (χ3n) is 12.3. The zero-order valence-electron chi connectivity index (χ0n) is 23.0. The Morgan fingerprint density at radius 1 is 1.00 bits per heavy atom. The minimum Gasteiger partial charge on any atom is -0.393 e. The van der Waals surface area contributed by atoms with Gasteiger partial charge in [0.05, 0.1) is 41.7 Å². The lowest BCUT2D eigenvalue weighted by Crippen LogP contribution is -2.75. The lowest BCUT2D eigenvalue weighted by molar-refractivity contribution is -0.315. The van der Waals surface area contributed by atoms with Gasteiger partial charge in [0, 0.05) is 24.2 Å². The molecular formula is C29H52O7. The molecule has 4 saturated carbocycles. The smallest absolute Gasteiger partial charge is 0.0987 e. The molecule has 210 valence electrons. The van der Waals surface area contributed by atoms with Crippen LogP contribution in [-0.4, -0.2) is 77.5 Å². The summed E-state index contributed by atoms with van der Waals surface area (Å²) in [6.07, 6.45) is 3.32. The number of rotatable bonds is 7. The first-order valence-electron chi connectivity index (χ1n) is 14.4. The fourth-order valence-electron chi connectivity index (χ4n) is 10.1. The zero-order chi connectivity index (χ0) is 26.9. The van der Waals surface area contributed by atoms with Gasteiger partial charge in [-0.1, -0.05) is 40.5 Å².